The van der Waals surface area contributed by atoms with Crippen LogP contribution >= 0.6 is 7.82 Å². The topological polar surface area (TPSA) is 125 Å². The molecule has 0 aromatic heterocycles. The Morgan fingerprint density at radius 1 is 1.07 bits per heavy atom. The molecule has 2 N–H and O–H groups in total. The van der Waals surface area contributed by atoms with Gasteiger partial charge in [0.05, 0.1) is 27.7 Å². The van der Waals surface area contributed by atoms with Gasteiger partial charge < -0.3 is 23.5 Å². The molecular weight excluding hydrogens is 401 g/mol. The van der Waals surface area contributed by atoms with Gasteiger partial charge >= 0.3 is 0 Å². The van der Waals surface area contributed by atoms with E-state index in [1.807, 2.05) is 21.1 Å². The SMILES string of the molecule is CCCCCCCCCCC(=O)C(OP(=O)([O-])OCC[N+](C)(C)C)[C@H](CO)OO. The highest BCUT2D eigenvalue weighted by Crippen LogP contribution is 2.41. The van der Waals surface area contributed by atoms with Gasteiger partial charge in [-0.05, 0) is 6.42 Å². The van der Waals surface area contributed by atoms with Crippen molar-refractivity contribution in [2.24, 2.45) is 0 Å². The lowest BCUT2D eigenvalue weighted by Gasteiger charge is -2.31. The maximum atomic E-state index is 12.4. The molecule has 0 bridgehead atoms. The second-order valence-electron chi connectivity index (χ2n) is 8.34. The van der Waals surface area contributed by atoms with Gasteiger partial charge in [0.1, 0.15) is 19.3 Å². The summed E-state index contributed by atoms with van der Waals surface area (Å²) in [7, 11) is 0.805. The number of quaternary nitrogens is 1. The molecule has 9 nitrogen and oxygen atoms in total. The van der Waals surface area contributed by atoms with E-state index in [1.54, 1.807) is 0 Å². The smallest absolute Gasteiger partial charge is 0.268 e. The molecule has 0 saturated carbocycles. The molecule has 0 aliphatic rings. The number of ketones is 1. The molecule has 174 valence electrons. The number of unbranched alkanes of at least 4 members (excludes halogenated alkanes) is 7. The number of carbonyl (C=O) groups is 1. The number of hydrogen-bond acceptors (Lipinski definition) is 8. The highest BCUT2D eigenvalue weighted by molar-refractivity contribution is 7.45. The average Bonchev–Trinajstić information content (AvgIpc) is 2.62. The maximum Gasteiger partial charge on any atom is 0.268 e. The lowest BCUT2D eigenvalue weighted by Crippen LogP contribution is -2.41. The normalized spacial score (nSPS) is 16.4. The number of phosphoric acid groups is 1. The van der Waals surface area contributed by atoms with E-state index >= 15 is 0 Å². The van der Waals surface area contributed by atoms with Gasteiger partial charge in [0.15, 0.2) is 11.9 Å². The summed E-state index contributed by atoms with van der Waals surface area (Å²) in [6, 6.07) is 0. The molecule has 0 aliphatic heterocycles. The fourth-order valence-electron chi connectivity index (χ4n) is 2.69. The number of carbonyl (C=O) groups excluding carboxylic acids is 1. The molecular formula is C19H40NO8P. The second-order valence-corrected chi connectivity index (χ2v) is 9.70. The number of phosphoric ester groups is 1. The molecule has 0 amide bonds. The average molecular weight is 442 g/mol. The summed E-state index contributed by atoms with van der Waals surface area (Å²) in [6.07, 6.45) is 5.23. The lowest BCUT2D eigenvalue weighted by molar-refractivity contribution is -0.870. The van der Waals surface area contributed by atoms with Gasteiger partial charge in [0.25, 0.3) is 7.82 Å². The number of likely N-dealkylation sites (N-methyl/N-ethyl adjacent to an activating group) is 1. The summed E-state index contributed by atoms with van der Waals surface area (Å²) in [5, 5.41) is 18.2. The van der Waals surface area contributed by atoms with Gasteiger partial charge in [0, 0.05) is 6.42 Å². The minimum Gasteiger partial charge on any atom is -0.756 e. The zero-order valence-electron chi connectivity index (χ0n) is 18.4. The van der Waals surface area contributed by atoms with Crippen LogP contribution in [-0.2, 0) is 23.3 Å². The van der Waals surface area contributed by atoms with Crippen molar-refractivity contribution in [3.05, 3.63) is 0 Å². The first-order valence-electron chi connectivity index (χ1n) is 10.4. The quantitative estimate of drug-likeness (QED) is 0.103. The minimum absolute atomic E-state index is 0.0678. The predicted molar refractivity (Wildman–Crippen MR) is 108 cm³/mol. The zero-order valence-corrected chi connectivity index (χ0v) is 19.3. The van der Waals surface area contributed by atoms with Gasteiger partial charge in [-0.1, -0.05) is 51.9 Å². The molecule has 0 spiro atoms. The van der Waals surface area contributed by atoms with Crippen molar-refractivity contribution in [1.82, 2.24) is 0 Å². The van der Waals surface area contributed by atoms with Crippen molar-refractivity contribution in [2.75, 3.05) is 40.9 Å². The molecule has 0 heterocycles. The summed E-state index contributed by atoms with van der Waals surface area (Å²) in [5.41, 5.74) is 0. The summed E-state index contributed by atoms with van der Waals surface area (Å²) < 4.78 is 22.2. The van der Waals surface area contributed by atoms with Gasteiger partial charge in [-0.15, -0.1) is 0 Å². The van der Waals surface area contributed by atoms with E-state index in [9.17, 15) is 19.4 Å². The van der Waals surface area contributed by atoms with Crippen molar-refractivity contribution in [1.29, 1.82) is 0 Å². The van der Waals surface area contributed by atoms with Crippen molar-refractivity contribution in [2.45, 2.75) is 76.9 Å². The third kappa shape index (κ3) is 15.1. The molecule has 2 unspecified atom stereocenters. The standard InChI is InChI=1S/C19H40NO8P/c1-5-6-7-8-9-10-11-12-13-17(22)19(18(16-21)27-23)28-29(24,25)26-15-14-20(2,3)4/h18-19,21H,5-16H2,1-4H3,(H-,23,24,25)/t18-,19?/m0/s1. The van der Waals surface area contributed by atoms with Crippen molar-refractivity contribution in [3.8, 4) is 0 Å². The highest BCUT2D eigenvalue weighted by Gasteiger charge is 2.33. The third-order valence-corrected chi connectivity index (χ3v) is 5.49. The van der Waals surface area contributed by atoms with Crippen LogP contribution in [0.3, 0.4) is 0 Å². The summed E-state index contributed by atoms with van der Waals surface area (Å²) in [6.45, 7) is 1.68. The zero-order chi connectivity index (χ0) is 22.3. The first-order valence-corrected chi connectivity index (χ1v) is 11.9. The third-order valence-electron chi connectivity index (χ3n) is 4.50. The Kier molecular flexibility index (Phi) is 15.2. The van der Waals surface area contributed by atoms with Crippen LogP contribution in [0.15, 0.2) is 0 Å². The highest BCUT2D eigenvalue weighted by atomic mass is 31.2. The number of aliphatic hydroxyl groups is 1. The van der Waals surface area contributed by atoms with E-state index in [0.717, 1.165) is 19.3 Å². The molecule has 0 aromatic rings. The number of Topliss-reactive ketones (excluding diaryl/α,β-unsaturated/α-hetero) is 1. The van der Waals surface area contributed by atoms with Crippen LogP contribution < -0.4 is 4.89 Å². The number of hydrogen-bond donors (Lipinski definition) is 2. The Bertz CT molecular complexity index is 479. The Morgan fingerprint density at radius 3 is 2.10 bits per heavy atom. The second kappa shape index (κ2) is 15.4. The number of aliphatic hydroxyl groups excluding tert-OH is 1. The maximum absolute atomic E-state index is 12.4. The molecule has 29 heavy (non-hydrogen) atoms. The van der Waals surface area contributed by atoms with Gasteiger partial charge in [0.2, 0.25) is 0 Å². The van der Waals surface area contributed by atoms with Crippen molar-refractivity contribution < 1.29 is 43.0 Å². The molecule has 0 aliphatic carbocycles. The molecule has 0 radical (unpaired) electrons. The number of nitrogens with zero attached hydrogens (tertiary/aromatic N) is 1. The predicted octanol–water partition coefficient (Wildman–Crippen LogP) is 2.51. The Balaban J connectivity index is 4.56. The Hall–Kier alpha value is -0.380. The van der Waals surface area contributed by atoms with E-state index in [1.165, 1.54) is 25.7 Å². The van der Waals surface area contributed by atoms with Crippen LogP contribution in [0.2, 0.25) is 0 Å². The molecule has 0 fully saturated rings. The first-order chi connectivity index (χ1) is 13.6. The number of rotatable bonds is 19. The monoisotopic (exact) mass is 441 g/mol. The van der Waals surface area contributed by atoms with Crippen LogP contribution in [0.4, 0.5) is 0 Å². The fraction of sp³-hybridized carbons (Fsp3) is 0.947. The summed E-state index contributed by atoms with van der Waals surface area (Å²) in [5.74, 6) is -0.560. The molecule has 3 atom stereocenters. The van der Waals surface area contributed by atoms with Gasteiger partial charge in [-0.3, -0.25) is 14.6 Å². The molecule has 0 aromatic carbocycles. The minimum atomic E-state index is -4.81. The van der Waals surface area contributed by atoms with Crippen LogP contribution in [0.5, 0.6) is 0 Å². The van der Waals surface area contributed by atoms with Crippen LogP contribution in [0, 0.1) is 0 Å². The van der Waals surface area contributed by atoms with Crippen LogP contribution in [0.25, 0.3) is 0 Å². The molecule has 0 rings (SSSR count). The van der Waals surface area contributed by atoms with E-state index < -0.39 is 32.4 Å². The summed E-state index contributed by atoms with van der Waals surface area (Å²) >= 11 is 0. The van der Waals surface area contributed by atoms with E-state index in [4.69, 9.17) is 14.3 Å². The van der Waals surface area contributed by atoms with Crippen LogP contribution in [0.1, 0.15) is 64.7 Å². The summed E-state index contributed by atoms with van der Waals surface area (Å²) in [4.78, 5) is 28.6. The lowest BCUT2D eigenvalue weighted by atomic mass is 10.0. The van der Waals surface area contributed by atoms with E-state index in [0.29, 0.717) is 17.4 Å². The van der Waals surface area contributed by atoms with E-state index in [-0.39, 0.29) is 13.0 Å². The van der Waals surface area contributed by atoms with E-state index in [2.05, 4.69) is 11.8 Å². The van der Waals surface area contributed by atoms with Crippen molar-refractivity contribution in [3.63, 3.8) is 0 Å². The Labute approximate surface area is 175 Å². The molecule has 0 saturated heterocycles. The largest absolute Gasteiger partial charge is 0.756 e. The van der Waals surface area contributed by atoms with Crippen molar-refractivity contribution >= 4 is 13.6 Å². The molecule has 10 heteroatoms. The first kappa shape index (κ1) is 28.6. The van der Waals surface area contributed by atoms with Gasteiger partial charge in [-0.25, -0.2) is 4.89 Å². The van der Waals surface area contributed by atoms with Crippen LogP contribution in [-0.4, -0.2) is 73.7 Å². The fourth-order valence-corrected chi connectivity index (χ4v) is 3.59. The Morgan fingerprint density at radius 2 is 1.62 bits per heavy atom. The van der Waals surface area contributed by atoms with Gasteiger partial charge in [-0.2, -0.15) is 0 Å².